The smallest absolute Gasteiger partial charge is 0.337 e. The molecule has 1 rings (SSSR count). The molecular weight excluding hydrogens is 256 g/mol. The van der Waals surface area contributed by atoms with Crippen molar-refractivity contribution in [2.45, 2.75) is 6.54 Å². The molecule has 0 atom stereocenters. The zero-order valence-corrected chi connectivity index (χ0v) is 12.5. The molecule has 0 aromatic heterocycles. The summed E-state index contributed by atoms with van der Waals surface area (Å²) in [7, 11) is 5.17. The summed E-state index contributed by atoms with van der Waals surface area (Å²) >= 11 is 0. The van der Waals surface area contributed by atoms with Gasteiger partial charge in [0.15, 0.2) is 0 Å². The van der Waals surface area contributed by atoms with Crippen molar-refractivity contribution in [2.24, 2.45) is 0 Å². The highest BCUT2D eigenvalue weighted by Gasteiger charge is 2.04. The first-order chi connectivity index (χ1) is 9.67. The van der Waals surface area contributed by atoms with Crippen LogP contribution in [0.3, 0.4) is 0 Å². The Morgan fingerprint density at radius 2 is 1.90 bits per heavy atom. The van der Waals surface area contributed by atoms with Crippen LogP contribution in [-0.2, 0) is 16.0 Å². The average Bonchev–Trinajstić information content (AvgIpc) is 2.49. The number of hydrogen-bond donors (Lipinski definition) is 1. The molecule has 1 N–H and O–H groups in total. The molecule has 0 amide bonds. The summed E-state index contributed by atoms with van der Waals surface area (Å²) in [5.74, 6) is -0.302. The number of carbonyl (C=O) groups is 1. The SMILES string of the molecule is COCCN(C)CCNCc1ccc(C(=O)OC)cc1. The second-order valence-corrected chi connectivity index (χ2v) is 4.66. The Balaban J connectivity index is 2.23. The first kappa shape index (κ1) is 16.6. The summed E-state index contributed by atoms with van der Waals surface area (Å²) in [6.45, 7) is 4.37. The van der Waals surface area contributed by atoms with Gasteiger partial charge in [0.2, 0.25) is 0 Å². The quantitative estimate of drug-likeness (QED) is 0.543. The van der Waals surface area contributed by atoms with Crippen molar-refractivity contribution in [2.75, 3.05) is 47.5 Å². The fraction of sp³-hybridized carbons (Fsp3) is 0.533. The molecule has 5 nitrogen and oxygen atoms in total. The number of nitrogens with zero attached hydrogens (tertiary/aromatic N) is 1. The van der Waals surface area contributed by atoms with E-state index in [-0.39, 0.29) is 5.97 Å². The van der Waals surface area contributed by atoms with Crippen LogP contribution in [0.1, 0.15) is 15.9 Å². The minimum absolute atomic E-state index is 0.302. The molecule has 0 saturated heterocycles. The van der Waals surface area contributed by atoms with Gasteiger partial charge in [0.25, 0.3) is 0 Å². The van der Waals surface area contributed by atoms with Crippen LogP contribution in [0.5, 0.6) is 0 Å². The predicted octanol–water partition coefficient (Wildman–Crippen LogP) is 1.14. The summed E-state index contributed by atoms with van der Waals surface area (Å²) in [6, 6.07) is 7.45. The van der Waals surface area contributed by atoms with E-state index in [9.17, 15) is 4.79 Å². The Bertz CT molecular complexity index is 393. The van der Waals surface area contributed by atoms with E-state index < -0.39 is 0 Å². The minimum atomic E-state index is -0.302. The van der Waals surface area contributed by atoms with Gasteiger partial charge in [-0.25, -0.2) is 4.79 Å². The van der Waals surface area contributed by atoms with E-state index in [1.807, 2.05) is 12.1 Å². The van der Waals surface area contributed by atoms with Crippen molar-refractivity contribution in [1.29, 1.82) is 0 Å². The van der Waals surface area contributed by atoms with Gasteiger partial charge in [-0.3, -0.25) is 0 Å². The Labute approximate surface area is 120 Å². The zero-order valence-electron chi connectivity index (χ0n) is 12.5. The lowest BCUT2D eigenvalue weighted by Gasteiger charge is -2.16. The van der Waals surface area contributed by atoms with Crippen LogP contribution in [0.15, 0.2) is 24.3 Å². The van der Waals surface area contributed by atoms with Crippen molar-refractivity contribution < 1.29 is 14.3 Å². The maximum absolute atomic E-state index is 11.3. The van der Waals surface area contributed by atoms with Crippen molar-refractivity contribution in [3.63, 3.8) is 0 Å². The van der Waals surface area contributed by atoms with Crippen LogP contribution in [0.2, 0.25) is 0 Å². The normalized spacial score (nSPS) is 10.8. The van der Waals surface area contributed by atoms with Crippen LogP contribution in [-0.4, -0.2) is 58.4 Å². The van der Waals surface area contributed by atoms with Gasteiger partial charge in [-0.05, 0) is 24.7 Å². The van der Waals surface area contributed by atoms with Gasteiger partial charge >= 0.3 is 5.97 Å². The van der Waals surface area contributed by atoms with Gasteiger partial charge in [-0.15, -0.1) is 0 Å². The molecule has 0 fully saturated rings. The van der Waals surface area contributed by atoms with E-state index in [4.69, 9.17) is 4.74 Å². The fourth-order valence-corrected chi connectivity index (χ4v) is 1.74. The third-order valence-corrected chi connectivity index (χ3v) is 3.05. The summed E-state index contributed by atoms with van der Waals surface area (Å²) in [5, 5.41) is 3.37. The molecule has 0 bridgehead atoms. The Morgan fingerprint density at radius 1 is 1.20 bits per heavy atom. The van der Waals surface area contributed by atoms with Crippen LogP contribution >= 0.6 is 0 Å². The number of esters is 1. The number of benzene rings is 1. The van der Waals surface area contributed by atoms with Gasteiger partial charge in [-0.2, -0.15) is 0 Å². The lowest BCUT2D eigenvalue weighted by Crippen LogP contribution is -2.31. The maximum Gasteiger partial charge on any atom is 0.337 e. The molecule has 112 valence electrons. The highest BCUT2D eigenvalue weighted by atomic mass is 16.5. The molecule has 1 aromatic rings. The molecule has 5 heteroatoms. The highest BCUT2D eigenvalue weighted by molar-refractivity contribution is 5.89. The van der Waals surface area contributed by atoms with Crippen LogP contribution in [0, 0.1) is 0 Å². The van der Waals surface area contributed by atoms with E-state index in [0.29, 0.717) is 5.56 Å². The first-order valence-electron chi connectivity index (χ1n) is 6.73. The van der Waals surface area contributed by atoms with Crippen molar-refractivity contribution in [1.82, 2.24) is 10.2 Å². The maximum atomic E-state index is 11.3. The molecule has 0 aliphatic rings. The highest BCUT2D eigenvalue weighted by Crippen LogP contribution is 2.05. The molecule has 0 aliphatic heterocycles. The third-order valence-electron chi connectivity index (χ3n) is 3.05. The number of rotatable bonds is 9. The number of hydrogen-bond acceptors (Lipinski definition) is 5. The largest absolute Gasteiger partial charge is 0.465 e. The monoisotopic (exact) mass is 280 g/mol. The van der Waals surface area contributed by atoms with Crippen molar-refractivity contribution in [3.8, 4) is 0 Å². The van der Waals surface area contributed by atoms with Crippen LogP contribution in [0.4, 0.5) is 0 Å². The van der Waals surface area contributed by atoms with E-state index in [1.165, 1.54) is 7.11 Å². The molecule has 0 spiro atoms. The van der Waals surface area contributed by atoms with Crippen LogP contribution < -0.4 is 5.32 Å². The molecule has 0 saturated carbocycles. The van der Waals surface area contributed by atoms with E-state index in [2.05, 4.69) is 22.0 Å². The van der Waals surface area contributed by atoms with Gasteiger partial charge < -0.3 is 19.7 Å². The van der Waals surface area contributed by atoms with E-state index in [1.54, 1.807) is 19.2 Å². The van der Waals surface area contributed by atoms with Gasteiger partial charge in [0, 0.05) is 33.3 Å². The number of carbonyl (C=O) groups excluding carboxylic acids is 1. The van der Waals surface area contributed by atoms with E-state index in [0.717, 1.165) is 38.3 Å². The standard InChI is InChI=1S/C15H24N2O3/c1-17(10-11-19-2)9-8-16-12-13-4-6-14(7-5-13)15(18)20-3/h4-7,16H,8-12H2,1-3H3. The molecule has 0 aliphatic carbocycles. The third kappa shape index (κ3) is 6.14. The van der Waals surface area contributed by atoms with Gasteiger partial charge in [0.1, 0.15) is 0 Å². The molecule has 0 heterocycles. The summed E-state index contributed by atoms with van der Waals surface area (Å²) in [6.07, 6.45) is 0. The number of likely N-dealkylation sites (N-methyl/N-ethyl adjacent to an activating group) is 1. The average molecular weight is 280 g/mol. The molecular formula is C15H24N2O3. The Morgan fingerprint density at radius 3 is 2.50 bits per heavy atom. The van der Waals surface area contributed by atoms with Crippen molar-refractivity contribution in [3.05, 3.63) is 35.4 Å². The lowest BCUT2D eigenvalue weighted by molar-refractivity contribution is 0.0600. The Kier molecular flexibility index (Phi) is 7.87. The summed E-state index contributed by atoms with van der Waals surface area (Å²) in [5.41, 5.74) is 1.73. The number of ether oxygens (including phenoxy) is 2. The molecule has 0 radical (unpaired) electrons. The Hall–Kier alpha value is -1.43. The molecule has 1 aromatic carbocycles. The second-order valence-electron chi connectivity index (χ2n) is 4.66. The number of methoxy groups -OCH3 is 2. The van der Waals surface area contributed by atoms with Crippen LogP contribution in [0.25, 0.3) is 0 Å². The summed E-state index contributed by atoms with van der Waals surface area (Å²) in [4.78, 5) is 13.5. The molecule has 0 unspecified atom stereocenters. The topological polar surface area (TPSA) is 50.8 Å². The summed E-state index contributed by atoms with van der Waals surface area (Å²) < 4.78 is 9.69. The lowest BCUT2D eigenvalue weighted by atomic mass is 10.1. The molecule has 20 heavy (non-hydrogen) atoms. The van der Waals surface area contributed by atoms with Gasteiger partial charge in [-0.1, -0.05) is 12.1 Å². The first-order valence-corrected chi connectivity index (χ1v) is 6.73. The predicted molar refractivity (Wildman–Crippen MR) is 78.9 cm³/mol. The zero-order chi connectivity index (χ0) is 14.8. The van der Waals surface area contributed by atoms with Crippen molar-refractivity contribution >= 4 is 5.97 Å². The second kappa shape index (κ2) is 9.47. The number of nitrogens with one attached hydrogen (secondary N) is 1. The van der Waals surface area contributed by atoms with E-state index >= 15 is 0 Å². The van der Waals surface area contributed by atoms with Gasteiger partial charge in [0.05, 0.1) is 19.3 Å². The fourth-order valence-electron chi connectivity index (χ4n) is 1.74. The minimum Gasteiger partial charge on any atom is -0.465 e.